The largest absolute Gasteiger partial charge is 0.383 e. The number of amides is 1. The van der Waals surface area contributed by atoms with Gasteiger partial charge in [-0.25, -0.2) is 0 Å². The van der Waals surface area contributed by atoms with Gasteiger partial charge in [0.2, 0.25) is 5.91 Å². The van der Waals surface area contributed by atoms with Crippen LogP contribution >= 0.6 is 0 Å². The van der Waals surface area contributed by atoms with Crippen molar-refractivity contribution in [1.82, 2.24) is 5.32 Å². The summed E-state index contributed by atoms with van der Waals surface area (Å²) in [5, 5.41) is 2.96. The van der Waals surface area contributed by atoms with Gasteiger partial charge in [-0.3, -0.25) is 4.79 Å². The molecule has 3 N–H and O–H groups in total. The second-order valence-electron chi connectivity index (χ2n) is 4.99. The van der Waals surface area contributed by atoms with E-state index in [9.17, 15) is 4.79 Å². The fourth-order valence-corrected chi connectivity index (χ4v) is 1.30. The zero-order chi connectivity index (χ0) is 12.7. The standard InChI is InChI=1S/C12H26N2O2/c1-8(2)10(13)6-12(15)14-11(7-16-5)9(3)4/h8-11H,6-7,13H2,1-5H3,(H,14,15). The molecule has 2 atom stereocenters. The van der Waals surface area contributed by atoms with Crippen molar-refractivity contribution in [3.8, 4) is 0 Å². The SMILES string of the molecule is COCC(NC(=O)CC(N)C(C)C)C(C)C. The molecule has 0 aliphatic carbocycles. The molecule has 0 aliphatic heterocycles. The number of ether oxygens (including phenoxy) is 1. The van der Waals surface area contributed by atoms with E-state index in [0.29, 0.717) is 24.9 Å². The molecule has 0 fully saturated rings. The van der Waals surface area contributed by atoms with Crippen molar-refractivity contribution in [2.45, 2.75) is 46.2 Å². The van der Waals surface area contributed by atoms with Crippen LogP contribution in [0.3, 0.4) is 0 Å². The smallest absolute Gasteiger partial charge is 0.221 e. The first-order chi connectivity index (χ1) is 7.38. The molecule has 0 rings (SSSR count). The Morgan fingerprint density at radius 3 is 2.19 bits per heavy atom. The Hall–Kier alpha value is -0.610. The van der Waals surface area contributed by atoms with Gasteiger partial charge in [-0.15, -0.1) is 0 Å². The van der Waals surface area contributed by atoms with Crippen LogP contribution in [0.1, 0.15) is 34.1 Å². The van der Waals surface area contributed by atoms with Crippen LogP contribution in [0.25, 0.3) is 0 Å². The van der Waals surface area contributed by atoms with Gasteiger partial charge in [0.05, 0.1) is 12.6 Å². The van der Waals surface area contributed by atoms with E-state index in [1.807, 2.05) is 13.8 Å². The van der Waals surface area contributed by atoms with Crippen LogP contribution in [-0.2, 0) is 9.53 Å². The second kappa shape index (κ2) is 7.63. The summed E-state index contributed by atoms with van der Waals surface area (Å²) in [7, 11) is 1.64. The Kier molecular flexibility index (Phi) is 7.34. The third-order valence-corrected chi connectivity index (χ3v) is 2.77. The Balaban J connectivity index is 4.09. The maximum Gasteiger partial charge on any atom is 0.221 e. The molecule has 2 unspecified atom stereocenters. The van der Waals surface area contributed by atoms with Crippen molar-refractivity contribution in [3.05, 3.63) is 0 Å². The molecular weight excluding hydrogens is 204 g/mol. The minimum Gasteiger partial charge on any atom is -0.383 e. The molecular formula is C12H26N2O2. The van der Waals surface area contributed by atoms with Crippen molar-refractivity contribution >= 4 is 5.91 Å². The maximum absolute atomic E-state index is 11.7. The molecule has 0 saturated heterocycles. The van der Waals surface area contributed by atoms with Gasteiger partial charge in [-0.1, -0.05) is 27.7 Å². The molecule has 0 radical (unpaired) electrons. The molecule has 0 spiro atoms. The third-order valence-electron chi connectivity index (χ3n) is 2.77. The molecule has 4 heteroatoms. The lowest BCUT2D eigenvalue weighted by Gasteiger charge is -2.23. The summed E-state index contributed by atoms with van der Waals surface area (Å²) in [5.74, 6) is 0.696. The van der Waals surface area contributed by atoms with Crippen LogP contribution < -0.4 is 11.1 Å². The van der Waals surface area contributed by atoms with Crippen molar-refractivity contribution < 1.29 is 9.53 Å². The van der Waals surface area contributed by atoms with Gasteiger partial charge in [0.1, 0.15) is 0 Å². The Morgan fingerprint density at radius 2 is 1.81 bits per heavy atom. The van der Waals surface area contributed by atoms with Gasteiger partial charge in [0.25, 0.3) is 0 Å². The molecule has 4 nitrogen and oxygen atoms in total. The van der Waals surface area contributed by atoms with Gasteiger partial charge < -0.3 is 15.8 Å². The number of carbonyl (C=O) groups is 1. The molecule has 1 amide bonds. The normalized spacial score (nSPS) is 15.2. The van der Waals surface area contributed by atoms with Gasteiger partial charge in [0.15, 0.2) is 0 Å². The third kappa shape index (κ3) is 6.08. The highest BCUT2D eigenvalue weighted by Crippen LogP contribution is 2.05. The fourth-order valence-electron chi connectivity index (χ4n) is 1.30. The first kappa shape index (κ1) is 15.4. The van der Waals surface area contributed by atoms with Crippen LogP contribution in [0.2, 0.25) is 0 Å². The number of methoxy groups -OCH3 is 1. The number of hydrogen-bond acceptors (Lipinski definition) is 3. The van der Waals surface area contributed by atoms with E-state index in [4.69, 9.17) is 10.5 Å². The summed E-state index contributed by atoms with van der Waals surface area (Å²) in [5.41, 5.74) is 5.85. The minimum atomic E-state index is -0.0737. The monoisotopic (exact) mass is 230 g/mol. The number of hydrogen-bond donors (Lipinski definition) is 2. The summed E-state index contributed by atoms with van der Waals surface area (Å²) in [6, 6.07) is -0.00720. The van der Waals surface area contributed by atoms with E-state index in [0.717, 1.165) is 0 Å². The van der Waals surface area contributed by atoms with Crippen molar-refractivity contribution in [2.75, 3.05) is 13.7 Å². The maximum atomic E-state index is 11.7. The van der Waals surface area contributed by atoms with Crippen LogP contribution in [0.4, 0.5) is 0 Å². The number of rotatable bonds is 7. The molecule has 0 aromatic carbocycles. The highest BCUT2D eigenvalue weighted by molar-refractivity contribution is 5.76. The highest BCUT2D eigenvalue weighted by atomic mass is 16.5. The van der Waals surface area contributed by atoms with E-state index < -0.39 is 0 Å². The predicted molar refractivity (Wildman–Crippen MR) is 66.1 cm³/mol. The Morgan fingerprint density at radius 1 is 1.25 bits per heavy atom. The molecule has 0 heterocycles. The molecule has 96 valence electrons. The van der Waals surface area contributed by atoms with Crippen molar-refractivity contribution in [1.29, 1.82) is 0 Å². The molecule has 0 saturated carbocycles. The zero-order valence-corrected chi connectivity index (χ0v) is 11.1. The van der Waals surface area contributed by atoms with Gasteiger partial charge in [0, 0.05) is 19.6 Å². The topological polar surface area (TPSA) is 64.3 Å². The summed E-state index contributed by atoms with van der Waals surface area (Å²) in [6.07, 6.45) is 0.380. The van der Waals surface area contributed by atoms with Crippen LogP contribution in [0.5, 0.6) is 0 Å². The van der Waals surface area contributed by atoms with Crippen LogP contribution in [0.15, 0.2) is 0 Å². The molecule has 16 heavy (non-hydrogen) atoms. The second-order valence-corrected chi connectivity index (χ2v) is 4.99. The average molecular weight is 230 g/mol. The van der Waals surface area contributed by atoms with Crippen LogP contribution in [-0.4, -0.2) is 31.7 Å². The molecule has 0 bridgehead atoms. The molecule has 0 aromatic rings. The first-order valence-electron chi connectivity index (χ1n) is 5.92. The quantitative estimate of drug-likeness (QED) is 0.689. The Labute approximate surface area is 98.9 Å². The van der Waals surface area contributed by atoms with E-state index in [-0.39, 0.29) is 18.0 Å². The zero-order valence-electron chi connectivity index (χ0n) is 11.1. The number of nitrogens with one attached hydrogen (secondary N) is 1. The highest BCUT2D eigenvalue weighted by Gasteiger charge is 2.18. The fraction of sp³-hybridized carbons (Fsp3) is 0.917. The molecule has 0 aromatic heterocycles. The lowest BCUT2D eigenvalue weighted by molar-refractivity contribution is -0.123. The molecule has 0 aliphatic rings. The number of nitrogens with two attached hydrogens (primary N) is 1. The van der Waals surface area contributed by atoms with E-state index in [1.165, 1.54) is 0 Å². The lowest BCUT2D eigenvalue weighted by atomic mass is 10.0. The van der Waals surface area contributed by atoms with E-state index in [2.05, 4.69) is 19.2 Å². The minimum absolute atomic E-state index is 0.0111. The van der Waals surface area contributed by atoms with Gasteiger partial charge in [-0.05, 0) is 11.8 Å². The summed E-state index contributed by atoms with van der Waals surface area (Å²) >= 11 is 0. The Bertz CT molecular complexity index is 205. The summed E-state index contributed by atoms with van der Waals surface area (Å²) in [6.45, 7) is 8.71. The average Bonchev–Trinajstić information content (AvgIpc) is 2.16. The van der Waals surface area contributed by atoms with E-state index >= 15 is 0 Å². The summed E-state index contributed by atoms with van der Waals surface area (Å²) in [4.78, 5) is 11.7. The van der Waals surface area contributed by atoms with Gasteiger partial charge in [-0.2, -0.15) is 0 Å². The van der Waals surface area contributed by atoms with Crippen molar-refractivity contribution in [3.63, 3.8) is 0 Å². The first-order valence-corrected chi connectivity index (χ1v) is 5.92. The lowest BCUT2D eigenvalue weighted by Crippen LogP contribution is -2.44. The van der Waals surface area contributed by atoms with Gasteiger partial charge >= 0.3 is 0 Å². The predicted octanol–water partition coefficient (Wildman–Crippen LogP) is 1.15. The summed E-state index contributed by atoms with van der Waals surface area (Å²) < 4.78 is 5.07. The number of carbonyl (C=O) groups excluding carboxylic acids is 1. The van der Waals surface area contributed by atoms with E-state index in [1.54, 1.807) is 7.11 Å². The van der Waals surface area contributed by atoms with Crippen LogP contribution in [0, 0.1) is 11.8 Å². The van der Waals surface area contributed by atoms with Crippen molar-refractivity contribution in [2.24, 2.45) is 17.6 Å².